The normalized spacial score (nSPS) is 10.4. The van der Waals surface area contributed by atoms with Gasteiger partial charge in [-0.25, -0.2) is 4.68 Å². The number of rotatable bonds is 5. The van der Waals surface area contributed by atoms with Crippen molar-refractivity contribution in [3.63, 3.8) is 0 Å². The highest BCUT2D eigenvalue weighted by Crippen LogP contribution is 2.38. The average molecular weight is 277 g/mol. The molecule has 0 saturated carbocycles. The molecule has 0 fully saturated rings. The second-order valence-corrected chi connectivity index (χ2v) is 4.40. The van der Waals surface area contributed by atoms with E-state index in [-0.39, 0.29) is 0 Å². The molecule has 6 heteroatoms. The lowest BCUT2D eigenvalue weighted by molar-refractivity contribution is 0.323. The summed E-state index contributed by atoms with van der Waals surface area (Å²) < 4.78 is 17.7. The van der Waals surface area contributed by atoms with Gasteiger partial charge >= 0.3 is 0 Å². The Morgan fingerprint density at radius 1 is 1.05 bits per heavy atom. The Kier molecular flexibility index (Phi) is 4.02. The van der Waals surface area contributed by atoms with Crippen LogP contribution in [0.15, 0.2) is 18.2 Å². The zero-order chi connectivity index (χ0) is 14.7. The Bertz CT molecular complexity index is 583. The zero-order valence-electron chi connectivity index (χ0n) is 12.1. The minimum atomic E-state index is 0.538. The first-order valence-corrected chi connectivity index (χ1v) is 6.17. The van der Waals surface area contributed by atoms with Crippen LogP contribution in [0.1, 0.15) is 11.3 Å². The van der Waals surface area contributed by atoms with E-state index in [1.54, 1.807) is 26.0 Å². The molecular formula is C14H19N3O3. The molecule has 1 aromatic heterocycles. The fourth-order valence-electron chi connectivity index (χ4n) is 2.09. The van der Waals surface area contributed by atoms with Crippen molar-refractivity contribution in [2.24, 2.45) is 0 Å². The number of methoxy groups -OCH3 is 3. The van der Waals surface area contributed by atoms with Crippen LogP contribution in [0.4, 0.5) is 5.82 Å². The van der Waals surface area contributed by atoms with Gasteiger partial charge in [-0.3, -0.25) is 0 Å². The van der Waals surface area contributed by atoms with E-state index in [4.69, 9.17) is 19.9 Å². The van der Waals surface area contributed by atoms with Crippen molar-refractivity contribution >= 4 is 5.82 Å². The predicted octanol–water partition coefficient (Wildman–Crippen LogP) is 1.85. The molecule has 0 atom stereocenters. The maximum atomic E-state index is 5.90. The number of benzene rings is 1. The molecule has 0 unspecified atom stereocenters. The van der Waals surface area contributed by atoms with Gasteiger partial charge in [0.25, 0.3) is 0 Å². The predicted molar refractivity (Wildman–Crippen MR) is 76.6 cm³/mol. The molecule has 2 rings (SSSR count). The summed E-state index contributed by atoms with van der Waals surface area (Å²) in [5.41, 5.74) is 7.75. The summed E-state index contributed by atoms with van der Waals surface area (Å²) in [4.78, 5) is 0. The molecule has 6 nitrogen and oxygen atoms in total. The monoisotopic (exact) mass is 277 g/mol. The molecule has 0 saturated heterocycles. The summed E-state index contributed by atoms with van der Waals surface area (Å²) in [6.45, 7) is 2.44. The van der Waals surface area contributed by atoms with Crippen LogP contribution in [-0.4, -0.2) is 31.1 Å². The van der Waals surface area contributed by atoms with Crippen molar-refractivity contribution in [3.05, 3.63) is 29.5 Å². The molecule has 2 aromatic rings. The third-order valence-corrected chi connectivity index (χ3v) is 2.99. The summed E-state index contributed by atoms with van der Waals surface area (Å²) in [5.74, 6) is 2.42. The van der Waals surface area contributed by atoms with Gasteiger partial charge in [0, 0.05) is 6.07 Å². The van der Waals surface area contributed by atoms with E-state index < -0.39 is 0 Å². The number of aryl methyl sites for hydroxylation is 1. The van der Waals surface area contributed by atoms with Crippen LogP contribution in [0.3, 0.4) is 0 Å². The quantitative estimate of drug-likeness (QED) is 0.903. The summed E-state index contributed by atoms with van der Waals surface area (Å²) in [6, 6.07) is 5.60. The molecular weight excluding hydrogens is 258 g/mol. The van der Waals surface area contributed by atoms with E-state index in [1.165, 1.54) is 0 Å². The highest BCUT2D eigenvalue weighted by molar-refractivity contribution is 5.54. The molecule has 0 amide bonds. The van der Waals surface area contributed by atoms with Gasteiger partial charge in [0.2, 0.25) is 5.75 Å². The van der Waals surface area contributed by atoms with Crippen molar-refractivity contribution < 1.29 is 14.2 Å². The third kappa shape index (κ3) is 2.64. The molecule has 0 aliphatic rings. The molecule has 0 aliphatic carbocycles. The molecule has 0 radical (unpaired) electrons. The number of nitrogens with zero attached hydrogens (tertiary/aromatic N) is 2. The topological polar surface area (TPSA) is 71.5 Å². The summed E-state index contributed by atoms with van der Waals surface area (Å²) >= 11 is 0. The number of anilines is 1. The number of ether oxygens (including phenoxy) is 3. The molecule has 0 aliphatic heterocycles. The molecule has 1 heterocycles. The highest BCUT2D eigenvalue weighted by atomic mass is 16.5. The van der Waals surface area contributed by atoms with Crippen LogP contribution in [0.2, 0.25) is 0 Å². The van der Waals surface area contributed by atoms with Crippen molar-refractivity contribution in [2.45, 2.75) is 13.5 Å². The van der Waals surface area contributed by atoms with Crippen LogP contribution in [0.5, 0.6) is 17.2 Å². The fraction of sp³-hybridized carbons (Fsp3) is 0.357. The highest BCUT2D eigenvalue weighted by Gasteiger charge is 2.14. The maximum absolute atomic E-state index is 5.90. The third-order valence-electron chi connectivity index (χ3n) is 2.99. The first kappa shape index (κ1) is 14.0. The van der Waals surface area contributed by atoms with Gasteiger partial charge in [-0.1, -0.05) is 0 Å². The lowest BCUT2D eigenvalue weighted by Crippen LogP contribution is -2.07. The zero-order valence-corrected chi connectivity index (χ0v) is 12.1. The second kappa shape index (κ2) is 5.73. The lowest BCUT2D eigenvalue weighted by atomic mass is 10.2. The first-order chi connectivity index (χ1) is 9.58. The Morgan fingerprint density at radius 3 is 2.05 bits per heavy atom. The first-order valence-electron chi connectivity index (χ1n) is 6.17. The molecule has 20 heavy (non-hydrogen) atoms. The van der Waals surface area contributed by atoms with Crippen LogP contribution in [-0.2, 0) is 6.54 Å². The standard InChI is InChI=1S/C14H19N3O3/c1-9-5-13(15)17(16-9)8-10-6-11(18-2)14(20-4)12(7-10)19-3/h5-7H,8,15H2,1-4H3. The largest absolute Gasteiger partial charge is 0.493 e. The molecule has 0 bridgehead atoms. The van der Waals surface area contributed by atoms with E-state index in [2.05, 4.69) is 5.10 Å². The van der Waals surface area contributed by atoms with Crippen LogP contribution in [0.25, 0.3) is 0 Å². The Balaban J connectivity index is 2.39. The SMILES string of the molecule is COc1cc(Cn2nc(C)cc2N)cc(OC)c1OC. The number of nitrogen functional groups attached to an aromatic ring is 1. The Morgan fingerprint density at radius 2 is 1.65 bits per heavy atom. The van der Waals surface area contributed by atoms with E-state index in [0.29, 0.717) is 29.6 Å². The summed E-state index contributed by atoms with van der Waals surface area (Å²) in [6.07, 6.45) is 0. The van der Waals surface area contributed by atoms with Gasteiger partial charge in [0.1, 0.15) is 5.82 Å². The molecule has 0 spiro atoms. The van der Waals surface area contributed by atoms with Gasteiger partial charge < -0.3 is 19.9 Å². The minimum Gasteiger partial charge on any atom is -0.493 e. The average Bonchev–Trinajstić information content (AvgIpc) is 2.75. The van der Waals surface area contributed by atoms with E-state index in [0.717, 1.165) is 11.3 Å². The molecule has 108 valence electrons. The van der Waals surface area contributed by atoms with Crippen molar-refractivity contribution in [1.82, 2.24) is 9.78 Å². The van der Waals surface area contributed by atoms with Crippen LogP contribution >= 0.6 is 0 Å². The number of hydrogen-bond donors (Lipinski definition) is 1. The number of nitrogens with two attached hydrogens (primary N) is 1. The maximum Gasteiger partial charge on any atom is 0.203 e. The van der Waals surface area contributed by atoms with Crippen LogP contribution < -0.4 is 19.9 Å². The minimum absolute atomic E-state index is 0.538. The van der Waals surface area contributed by atoms with Gasteiger partial charge in [-0.2, -0.15) is 5.10 Å². The van der Waals surface area contributed by atoms with Gasteiger partial charge in [-0.15, -0.1) is 0 Å². The second-order valence-electron chi connectivity index (χ2n) is 4.40. The van der Waals surface area contributed by atoms with E-state index in [1.807, 2.05) is 25.1 Å². The lowest BCUT2D eigenvalue weighted by Gasteiger charge is -2.14. The van der Waals surface area contributed by atoms with Crippen LogP contribution in [0, 0.1) is 6.92 Å². The number of hydrogen-bond acceptors (Lipinski definition) is 5. The van der Waals surface area contributed by atoms with Crippen molar-refractivity contribution in [2.75, 3.05) is 27.1 Å². The van der Waals surface area contributed by atoms with Crippen molar-refractivity contribution in [3.8, 4) is 17.2 Å². The fourth-order valence-corrected chi connectivity index (χ4v) is 2.09. The Labute approximate surface area is 118 Å². The van der Waals surface area contributed by atoms with Gasteiger partial charge in [0.05, 0.1) is 33.6 Å². The van der Waals surface area contributed by atoms with Crippen molar-refractivity contribution in [1.29, 1.82) is 0 Å². The molecule has 1 aromatic carbocycles. The van der Waals surface area contributed by atoms with Gasteiger partial charge in [0.15, 0.2) is 11.5 Å². The van der Waals surface area contributed by atoms with E-state index >= 15 is 0 Å². The van der Waals surface area contributed by atoms with E-state index in [9.17, 15) is 0 Å². The summed E-state index contributed by atoms with van der Waals surface area (Å²) in [7, 11) is 4.76. The number of aromatic nitrogens is 2. The summed E-state index contributed by atoms with van der Waals surface area (Å²) in [5, 5.41) is 4.34. The van der Waals surface area contributed by atoms with Gasteiger partial charge in [-0.05, 0) is 24.6 Å². The smallest absolute Gasteiger partial charge is 0.203 e. The molecule has 2 N–H and O–H groups in total. The Hall–Kier alpha value is -2.37.